The monoisotopic (exact) mass is 451 g/mol. The molecule has 1 unspecified atom stereocenters. The highest BCUT2D eigenvalue weighted by molar-refractivity contribution is 7.45. The Labute approximate surface area is 181 Å². The van der Waals surface area contributed by atoms with Gasteiger partial charge in [-0.3, -0.25) is 9.36 Å². The fraction of sp³-hybridized carbons (Fsp3) is 0.857. The molecule has 0 saturated heterocycles. The Balaban J connectivity index is 3.54. The molecule has 8 nitrogen and oxygen atoms in total. The number of hydrogen-bond donors (Lipinski definition) is 2. The standard InChI is InChI=1S/C21H42NO7P/c1-2-3-4-5-6-7-8-9-10-11-12-13-14-15-21(24)27-18-20(23)19-29-30(25,26)28-17-16-22/h9-10,20,23H,2-8,11-19,22H2,1H3,(H,25,26)/t20-/m1/s1. The third-order valence-corrected chi connectivity index (χ3v) is 5.36. The van der Waals surface area contributed by atoms with E-state index in [4.69, 9.17) is 4.74 Å². The zero-order valence-corrected chi connectivity index (χ0v) is 19.5. The van der Waals surface area contributed by atoms with Gasteiger partial charge in [0.2, 0.25) is 0 Å². The van der Waals surface area contributed by atoms with Crippen LogP contribution >= 0.6 is 7.82 Å². The van der Waals surface area contributed by atoms with Crippen LogP contribution in [0.5, 0.6) is 0 Å². The molecule has 0 rings (SSSR count). The lowest BCUT2D eigenvalue weighted by atomic mass is 10.1. The molecule has 0 bridgehead atoms. The van der Waals surface area contributed by atoms with Crippen molar-refractivity contribution in [3.63, 3.8) is 0 Å². The van der Waals surface area contributed by atoms with Crippen molar-refractivity contribution in [2.24, 2.45) is 0 Å². The maximum Gasteiger partial charge on any atom is 0.305 e. The normalized spacial score (nSPS) is 14.7. The van der Waals surface area contributed by atoms with Crippen LogP contribution in [-0.2, 0) is 23.1 Å². The molecule has 2 atom stereocenters. The number of phosphoric acid groups is 1. The largest absolute Gasteiger partial charge is 0.756 e. The smallest absolute Gasteiger partial charge is 0.305 e. The van der Waals surface area contributed by atoms with E-state index >= 15 is 0 Å². The maximum atomic E-state index is 11.7. The number of quaternary nitrogens is 1. The first kappa shape index (κ1) is 29.2. The van der Waals surface area contributed by atoms with Crippen molar-refractivity contribution < 1.29 is 38.9 Å². The lowest BCUT2D eigenvalue weighted by Gasteiger charge is -2.23. The molecule has 0 aliphatic heterocycles. The molecule has 0 fully saturated rings. The van der Waals surface area contributed by atoms with Crippen molar-refractivity contribution >= 4 is 13.8 Å². The molecule has 0 radical (unpaired) electrons. The van der Waals surface area contributed by atoms with E-state index in [1.165, 1.54) is 38.5 Å². The summed E-state index contributed by atoms with van der Waals surface area (Å²) in [6, 6.07) is 0. The minimum atomic E-state index is -4.45. The van der Waals surface area contributed by atoms with Gasteiger partial charge in [0.1, 0.15) is 19.3 Å². The Hall–Kier alpha value is -0.760. The molecule has 0 amide bonds. The fourth-order valence-corrected chi connectivity index (χ4v) is 3.47. The van der Waals surface area contributed by atoms with Gasteiger partial charge < -0.3 is 29.5 Å². The summed E-state index contributed by atoms with van der Waals surface area (Å²) in [5.41, 5.74) is 3.45. The summed E-state index contributed by atoms with van der Waals surface area (Å²) in [6.45, 7) is 1.60. The minimum Gasteiger partial charge on any atom is -0.756 e. The molecule has 30 heavy (non-hydrogen) atoms. The molecule has 0 aromatic rings. The second-order valence-electron chi connectivity index (χ2n) is 7.39. The number of esters is 1. The fourth-order valence-electron chi connectivity index (χ4n) is 2.69. The number of aliphatic hydroxyl groups is 1. The van der Waals surface area contributed by atoms with E-state index in [-0.39, 0.29) is 26.2 Å². The van der Waals surface area contributed by atoms with Gasteiger partial charge in [-0.05, 0) is 32.1 Å². The summed E-state index contributed by atoms with van der Waals surface area (Å²) in [5, 5.41) is 9.63. The molecular formula is C21H42NO7P. The Bertz CT molecular complexity index is 488. The quantitative estimate of drug-likeness (QED) is 0.119. The number of aliphatic hydroxyl groups excluding tert-OH is 1. The van der Waals surface area contributed by atoms with E-state index in [9.17, 15) is 19.4 Å². The molecule has 0 aliphatic carbocycles. The highest BCUT2D eigenvalue weighted by Crippen LogP contribution is 2.37. The number of ether oxygens (including phenoxy) is 1. The van der Waals surface area contributed by atoms with Crippen LogP contribution in [-0.4, -0.2) is 43.5 Å². The summed E-state index contributed by atoms with van der Waals surface area (Å²) in [6.07, 6.45) is 16.3. The van der Waals surface area contributed by atoms with Gasteiger partial charge in [0.25, 0.3) is 7.82 Å². The van der Waals surface area contributed by atoms with Gasteiger partial charge in [0, 0.05) is 6.42 Å². The predicted molar refractivity (Wildman–Crippen MR) is 114 cm³/mol. The second kappa shape index (κ2) is 20.2. The SMILES string of the molecule is CCCCCCCCC=CCCCCCC(=O)OC[C@@H](O)COP(=O)([O-])OCC[NH3+]. The van der Waals surface area contributed by atoms with Crippen LogP contribution in [0.1, 0.15) is 84.0 Å². The molecule has 0 aromatic heterocycles. The van der Waals surface area contributed by atoms with Crippen LogP contribution in [0.25, 0.3) is 0 Å². The Morgan fingerprint density at radius 1 is 1.00 bits per heavy atom. The number of hydrogen-bond acceptors (Lipinski definition) is 7. The molecule has 0 saturated carbocycles. The van der Waals surface area contributed by atoms with Gasteiger partial charge in [-0.25, -0.2) is 0 Å². The Morgan fingerprint density at radius 2 is 1.60 bits per heavy atom. The molecule has 0 spiro atoms. The van der Waals surface area contributed by atoms with Crippen molar-refractivity contribution in [2.75, 3.05) is 26.4 Å². The van der Waals surface area contributed by atoms with E-state index < -0.39 is 26.5 Å². The Morgan fingerprint density at radius 3 is 2.23 bits per heavy atom. The second-order valence-corrected chi connectivity index (χ2v) is 8.80. The van der Waals surface area contributed by atoms with E-state index in [0.29, 0.717) is 0 Å². The Kier molecular flexibility index (Phi) is 19.6. The number of carbonyl (C=O) groups excluding carboxylic acids is 1. The van der Waals surface area contributed by atoms with Gasteiger partial charge in [0.05, 0.1) is 13.2 Å². The molecule has 0 heterocycles. The number of carbonyl (C=O) groups is 1. The topological polar surface area (TPSA) is 133 Å². The first-order valence-electron chi connectivity index (χ1n) is 11.3. The van der Waals surface area contributed by atoms with Crippen LogP contribution in [0.15, 0.2) is 12.2 Å². The lowest BCUT2D eigenvalue weighted by Crippen LogP contribution is -2.52. The minimum absolute atomic E-state index is 0.0826. The van der Waals surface area contributed by atoms with Gasteiger partial charge in [-0.1, -0.05) is 57.6 Å². The molecule has 4 N–H and O–H groups in total. The van der Waals surface area contributed by atoms with Crippen molar-refractivity contribution in [3.05, 3.63) is 12.2 Å². The van der Waals surface area contributed by atoms with Crippen LogP contribution < -0.4 is 10.6 Å². The molecule has 178 valence electrons. The first-order chi connectivity index (χ1) is 14.4. The van der Waals surface area contributed by atoms with Gasteiger partial charge >= 0.3 is 5.97 Å². The maximum absolute atomic E-state index is 11.7. The van der Waals surface area contributed by atoms with Crippen molar-refractivity contribution in [1.82, 2.24) is 0 Å². The zero-order chi connectivity index (χ0) is 22.5. The summed E-state index contributed by atoms with van der Waals surface area (Å²) in [4.78, 5) is 23.0. The van der Waals surface area contributed by atoms with Crippen molar-refractivity contribution in [3.8, 4) is 0 Å². The predicted octanol–water partition coefficient (Wildman–Crippen LogP) is 2.89. The molecular weight excluding hydrogens is 409 g/mol. The van der Waals surface area contributed by atoms with Gasteiger partial charge in [-0.15, -0.1) is 0 Å². The summed E-state index contributed by atoms with van der Waals surface area (Å²) >= 11 is 0. The summed E-state index contributed by atoms with van der Waals surface area (Å²) in [7, 11) is -4.45. The number of unbranched alkanes of at least 4 members (excludes halogenated alkanes) is 9. The number of phosphoric ester groups is 1. The average Bonchev–Trinajstić information content (AvgIpc) is 2.72. The lowest BCUT2D eigenvalue weighted by molar-refractivity contribution is -0.373. The number of allylic oxidation sites excluding steroid dienone is 2. The van der Waals surface area contributed by atoms with Crippen molar-refractivity contribution in [2.45, 2.75) is 90.1 Å². The van der Waals surface area contributed by atoms with Crippen molar-refractivity contribution in [1.29, 1.82) is 0 Å². The highest BCUT2D eigenvalue weighted by Gasteiger charge is 2.14. The van der Waals surface area contributed by atoms with Crippen LogP contribution in [0.2, 0.25) is 0 Å². The van der Waals surface area contributed by atoms with Crippen LogP contribution in [0.3, 0.4) is 0 Å². The van der Waals surface area contributed by atoms with E-state index in [1.807, 2.05) is 0 Å². The first-order valence-corrected chi connectivity index (χ1v) is 12.8. The van der Waals surface area contributed by atoms with E-state index in [1.54, 1.807) is 0 Å². The van der Waals surface area contributed by atoms with Crippen LogP contribution in [0, 0.1) is 0 Å². The van der Waals surface area contributed by atoms with Gasteiger partial charge in [0.15, 0.2) is 0 Å². The van der Waals surface area contributed by atoms with E-state index in [0.717, 1.165) is 32.1 Å². The summed E-state index contributed by atoms with van der Waals surface area (Å²) in [5.74, 6) is -0.411. The highest BCUT2D eigenvalue weighted by atomic mass is 31.2. The molecule has 0 aliphatic rings. The third kappa shape index (κ3) is 20.5. The molecule has 0 aromatic carbocycles. The molecule has 9 heteroatoms. The third-order valence-electron chi connectivity index (χ3n) is 4.40. The zero-order valence-electron chi connectivity index (χ0n) is 18.6. The van der Waals surface area contributed by atoms with Crippen LogP contribution in [0.4, 0.5) is 0 Å². The average molecular weight is 452 g/mol. The summed E-state index contributed by atoms with van der Waals surface area (Å²) < 4.78 is 25.2. The van der Waals surface area contributed by atoms with Gasteiger partial charge in [-0.2, -0.15) is 0 Å². The van der Waals surface area contributed by atoms with E-state index in [2.05, 4.69) is 33.9 Å². The number of rotatable bonds is 21.